The van der Waals surface area contributed by atoms with Crippen LogP contribution < -0.4 is 16.0 Å². The van der Waals surface area contributed by atoms with Crippen molar-refractivity contribution >= 4 is 78.3 Å². The van der Waals surface area contributed by atoms with Gasteiger partial charge in [0.25, 0.3) is 5.91 Å². The second-order valence-electron chi connectivity index (χ2n) is 13.3. The third-order valence-electron chi connectivity index (χ3n) is 9.26. The zero-order chi connectivity index (χ0) is 40.3. The first kappa shape index (κ1) is 48.1. The van der Waals surface area contributed by atoms with Crippen LogP contribution in [-0.4, -0.2) is 204 Å². The molecule has 1 fully saturated rings. The number of thiocarbonyl (C=S) groups is 1. The number of likely N-dealkylation sites (N-methyl/N-ethyl adjacent to an activating group) is 1. The summed E-state index contributed by atoms with van der Waals surface area (Å²) < 4.78 is 0. The Hall–Kier alpha value is -4.08. The predicted octanol–water partition coefficient (Wildman–Crippen LogP) is 0.657. The van der Waals surface area contributed by atoms with Crippen LogP contribution in [0.1, 0.15) is 29.8 Å². The third kappa shape index (κ3) is 18.2. The van der Waals surface area contributed by atoms with Gasteiger partial charge in [-0.25, -0.2) is 0 Å². The van der Waals surface area contributed by atoms with Gasteiger partial charge in [-0.2, -0.15) is 0 Å². The molecule has 0 spiro atoms. The molecule has 3 rings (SSSR count). The number of nitrogens with zero attached hydrogens (tertiary/aromatic N) is 5. The molecule has 56 heavy (non-hydrogen) atoms. The van der Waals surface area contributed by atoms with E-state index in [0.717, 1.165) is 25.2 Å². The predicted molar refractivity (Wildman–Crippen MR) is 218 cm³/mol. The van der Waals surface area contributed by atoms with Gasteiger partial charge in [-0.05, 0) is 73.7 Å². The van der Waals surface area contributed by atoms with E-state index >= 15 is 0 Å². The first-order valence-electron chi connectivity index (χ1n) is 18.3. The maximum Gasteiger partial charge on any atom is 3.00 e. The van der Waals surface area contributed by atoms with Gasteiger partial charge < -0.3 is 41.3 Å². The number of hydrogen-bond acceptors (Lipinski definition) is 11. The van der Waals surface area contributed by atoms with Crippen molar-refractivity contribution in [1.29, 1.82) is 0 Å². The summed E-state index contributed by atoms with van der Waals surface area (Å²) in [5.74, 6) is -4.43. The summed E-state index contributed by atoms with van der Waals surface area (Å²) in [6.45, 7) is 7.52. The molecule has 0 saturated carbocycles. The Morgan fingerprint density at radius 1 is 0.679 bits per heavy atom. The largest absolute Gasteiger partial charge is 3.00 e. The third-order valence-corrected chi connectivity index (χ3v) is 9.47. The van der Waals surface area contributed by atoms with E-state index in [1.165, 1.54) is 0 Å². The summed E-state index contributed by atoms with van der Waals surface area (Å²) in [6.07, 6.45) is 0.347. The van der Waals surface area contributed by atoms with Crippen LogP contribution in [0.2, 0.25) is 0 Å². The number of nitrogens with one attached hydrogen (secondary N) is 3. The molecule has 1 aliphatic heterocycles. The van der Waals surface area contributed by atoms with Crippen molar-refractivity contribution in [3.05, 3.63) is 59.7 Å². The Balaban J connectivity index is 0.0000108. The first-order chi connectivity index (χ1) is 26.2. The van der Waals surface area contributed by atoms with Crippen molar-refractivity contribution in [3.63, 3.8) is 0 Å². The van der Waals surface area contributed by atoms with Gasteiger partial charge in [0.15, 0.2) is 5.11 Å². The standard InChI is InChI=1S/C37H54N8O9S.Ga/c1-3-41(4-2)14-13-38-36(54)28-7-11-30(12-8-28)40-37(55)39-29-9-5-27(6-10-29)21-31-22-44(25-34(50)51)18-17-42(23-32(46)47)15-16-43(24-33(48)49)19-20-45(31)26-35(52)53;/h5-12,31H,3-4,13-26H2,1-2H3,(H,38,54)(H,46,47)(H,48,49)(H,50,51)(H,52,53)(H2,39,40,55);/q;+3/i;1-2. The molecule has 1 heterocycles. The van der Waals surface area contributed by atoms with Crippen LogP contribution in [-0.2, 0) is 25.6 Å². The van der Waals surface area contributed by atoms with Gasteiger partial charge in [0.2, 0.25) is 0 Å². The number of carbonyl (C=O) groups is 5. The summed E-state index contributed by atoms with van der Waals surface area (Å²) in [4.78, 5) is 68.6. The Morgan fingerprint density at radius 2 is 1.12 bits per heavy atom. The van der Waals surface area contributed by atoms with Crippen molar-refractivity contribution in [2.75, 3.05) is 109 Å². The minimum Gasteiger partial charge on any atom is -0.480 e. The van der Waals surface area contributed by atoms with E-state index < -0.39 is 29.9 Å². The zero-order valence-corrected chi connectivity index (χ0v) is 35.3. The average Bonchev–Trinajstić information content (AvgIpc) is 3.12. The van der Waals surface area contributed by atoms with Gasteiger partial charge >= 0.3 is 43.7 Å². The van der Waals surface area contributed by atoms with E-state index in [4.69, 9.17) is 12.2 Å². The van der Waals surface area contributed by atoms with E-state index in [-0.39, 0.29) is 97.7 Å². The Kier molecular flexibility index (Phi) is 21.7. The molecule has 1 atom stereocenters. The van der Waals surface area contributed by atoms with Gasteiger partial charge in [-0.1, -0.05) is 26.0 Å². The van der Waals surface area contributed by atoms with Crippen molar-refractivity contribution in [1.82, 2.24) is 29.8 Å². The summed E-state index contributed by atoms with van der Waals surface area (Å²) >= 11 is 5.51. The minimum atomic E-state index is -1.08. The molecule has 0 bridgehead atoms. The maximum absolute atomic E-state index is 12.5. The van der Waals surface area contributed by atoms with Crippen LogP contribution >= 0.6 is 12.2 Å². The fourth-order valence-electron chi connectivity index (χ4n) is 6.32. The summed E-state index contributed by atoms with van der Waals surface area (Å²) in [6, 6.07) is 13.8. The molecule has 1 saturated heterocycles. The van der Waals surface area contributed by atoms with Gasteiger partial charge in [-0.3, -0.25) is 43.6 Å². The van der Waals surface area contributed by atoms with E-state index in [9.17, 15) is 44.4 Å². The number of aliphatic carboxylic acids is 4. The second-order valence-corrected chi connectivity index (χ2v) is 13.7. The Labute approximate surface area is 346 Å². The first-order valence-corrected chi connectivity index (χ1v) is 18.7. The molecule has 2 aromatic carbocycles. The molecule has 302 valence electrons. The number of hydrogen-bond donors (Lipinski definition) is 7. The van der Waals surface area contributed by atoms with E-state index in [1.54, 1.807) is 43.9 Å². The summed E-state index contributed by atoms with van der Waals surface area (Å²) in [5.41, 5.74) is 2.75. The topological polar surface area (TPSA) is 219 Å². The van der Waals surface area contributed by atoms with Crippen molar-refractivity contribution in [3.8, 4) is 0 Å². The van der Waals surface area contributed by atoms with Gasteiger partial charge in [-0.15, -0.1) is 0 Å². The molecule has 1 amide bonds. The zero-order valence-electron chi connectivity index (χ0n) is 32.1. The van der Waals surface area contributed by atoms with Crippen LogP contribution in [0.5, 0.6) is 0 Å². The summed E-state index contributed by atoms with van der Waals surface area (Å²) in [7, 11) is 0. The maximum atomic E-state index is 12.5. The number of anilines is 2. The number of carboxylic acids is 4. The smallest absolute Gasteiger partial charge is 0.480 e. The van der Waals surface area contributed by atoms with Crippen molar-refractivity contribution < 1.29 is 44.4 Å². The Bertz CT molecular complexity index is 1580. The van der Waals surface area contributed by atoms with E-state index in [2.05, 4.69) is 34.7 Å². The van der Waals surface area contributed by atoms with Crippen LogP contribution in [0.4, 0.5) is 11.4 Å². The van der Waals surface area contributed by atoms with Gasteiger partial charge in [0.1, 0.15) is 0 Å². The average molecular weight is 855 g/mol. The quantitative estimate of drug-likeness (QED) is 0.0810. The molecular formula is C37H54GaN8O9S+3. The van der Waals surface area contributed by atoms with Crippen LogP contribution in [0.25, 0.3) is 0 Å². The second kappa shape index (κ2) is 25.2. The molecule has 0 aliphatic carbocycles. The molecule has 1 aliphatic rings. The van der Waals surface area contributed by atoms with Crippen LogP contribution in [0.3, 0.4) is 0 Å². The number of carbonyl (C=O) groups excluding carboxylic acids is 1. The fraction of sp³-hybridized carbons (Fsp3) is 0.514. The molecule has 17 nitrogen and oxygen atoms in total. The molecule has 0 radical (unpaired) electrons. The monoisotopic (exact) mass is 854 g/mol. The molecule has 19 heteroatoms. The molecule has 7 N–H and O–H groups in total. The summed E-state index contributed by atoms with van der Waals surface area (Å²) in [5, 5.41) is 48.0. The Morgan fingerprint density at radius 3 is 1.61 bits per heavy atom. The fourth-order valence-corrected chi connectivity index (χ4v) is 6.56. The number of rotatable bonds is 18. The van der Waals surface area contributed by atoms with Crippen LogP contribution in [0.15, 0.2) is 48.5 Å². The number of amides is 1. The van der Waals surface area contributed by atoms with E-state index in [0.29, 0.717) is 35.0 Å². The number of benzene rings is 2. The van der Waals surface area contributed by atoms with E-state index in [1.807, 2.05) is 24.3 Å². The van der Waals surface area contributed by atoms with Crippen molar-refractivity contribution in [2.45, 2.75) is 26.3 Å². The van der Waals surface area contributed by atoms with Gasteiger partial charge in [0.05, 0.1) is 26.2 Å². The SMILES string of the molecule is CCN(CC)CCNC(=O)c1ccc(NC(=S)Nc2ccc(CC3CN(CC(=O)O)CCN(CC(=O)O)CCN(CC(=O)O)CCN3CC(=O)O)cc2)cc1.[68Ga+3]. The molecular weight excluding hydrogens is 800 g/mol. The minimum absolute atomic E-state index is 0. The number of carboxylic acid groups (broad SMARTS) is 4. The molecule has 0 aromatic heterocycles. The molecule has 2 aromatic rings. The molecule has 1 unspecified atom stereocenters. The van der Waals surface area contributed by atoms with Gasteiger partial charge in [0, 0.05) is 81.9 Å². The van der Waals surface area contributed by atoms with Crippen molar-refractivity contribution in [2.24, 2.45) is 0 Å². The van der Waals surface area contributed by atoms with Crippen LogP contribution in [0, 0.1) is 0 Å². The normalized spacial score (nSPS) is 16.4.